The molecule has 2 saturated heterocycles. The molecule has 5 amide bonds. The number of amides is 5. The summed E-state index contributed by atoms with van der Waals surface area (Å²) in [5.74, 6) is -3.62. The molecule has 0 unspecified atom stereocenters. The largest absolute Gasteiger partial charge is 0.480 e. The lowest BCUT2D eigenvalue weighted by molar-refractivity contribution is -0.149. The second kappa shape index (κ2) is 18.4. The molecule has 2 aliphatic heterocycles. The number of nitrogens with zero attached hydrogens (tertiary/aromatic N) is 1. The SMILES string of the molecule is C[C@H](NC(=O)[C@@H]1CCCN1)C(=O)N[C@@H](CCCCN)C(=O)N[C@@H](CCCCN)C(=O)N[C@@H](C)C(=O)N1CCC[C@H]1C(=O)O. The van der Waals surface area contributed by atoms with Gasteiger partial charge in [-0.1, -0.05) is 0 Å². The van der Waals surface area contributed by atoms with Crippen LogP contribution >= 0.6 is 0 Å². The Morgan fingerprint density at radius 2 is 1.37 bits per heavy atom. The number of nitrogens with one attached hydrogen (secondary N) is 5. The molecular weight excluding hydrogens is 560 g/mol. The first-order chi connectivity index (χ1) is 20.5. The van der Waals surface area contributed by atoms with Crippen LogP contribution in [0, 0.1) is 0 Å². The Hall–Kier alpha value is -3.30. The van der Waals surface area contributed by atoms with E-state index in [1.54, 1.807) is 0 Å². The summed E-state index contributed by atoms with van der Waals surface area (Å²) in [4.78, 5) is 77.8. The summed E-state index contributed by atoms with van der Waals surface area (Å²) < 4.78 is 0. The van der Waals surface area contributed by atoms with Crippen LogP contribution in [0.5, 0.6) is 0 Å². The van der Waals surface area contributed by atoms with E-state index >= 15 is 0 Å². The topological polar surface area (TPSA) is 238 Å². The molecule has 6 atom stereocenters. The minimum absolute atomic E-state index is 0.238. The summed E-state index contributed by atoms with van der Waals surface area (Å²) in [6.45, 7) is 4.82. The first-order valence-corrected chi connectivity index (χ1v) is 15.4. The molecule has 2 fully saturated rings. The number of unbranched alkanes of at least 4 members (excludes halogenated alkanes) is 2. The smallest absolute Gasteiger partial charge is 0.326 e. The van der Waals surface area contributed by atoms with Gasteiger partial charge in [-0.25, -0.2) is 4.79 Å². The van der Waals surface area contributed by atoms with Crippen molar-refractivity contribution in [2.75, 3.05) is 26.2 Å². The van der Waals surface area contributed by atoms with Crippen LogP contribution in [0.1, 0.15) is 78.1 Å². The molecule has 43 heavy (non-hydrogen) atoms. The van der Waals surface area contributed by atoms with Gasteiger partial charge in [0.15, 0.2) is 0 Å². The molecular formula is C28H50N8O7. The molecule has 0 radical (unpaired) electrons. The minimum Gasteiger partial charge on any atom is -0.480 e. The van der Waals surface area contributed by atoms with Crippen LogP contribution in [-0.2, 0) is 28.8 Å². The van der Waals surface area contributed by atoms with Crippen molar-refractivity contribution >= 4 is 35.5 Å². The van der Waals surface area contributed by atoms with Gasteiger partial charge in [-0.05, 0) is 97.7 Å². The van der Waals surface area contributed by atoms with E-state index in [2.05, 4.69) is 26.6 Å². The van der Waals surface area contributed by atoms with Crippen LogP contribution in [-0.4, -0.2) is 108 Å². The predicted molar refractivity (Wildman–Crippen MR) is 158 cm³/mol. The molecule has 2 aliphatic rings. The maximum atomic E-state index is 13.4. The fourth-order valence-electron chi connectivity index (χ4n) is 5.29. The number of carboxylic acids is 1. The molecule has 0 aromatic rings. The normalized spacial score (nSPS) is 20.9. The van der Waals surface area contributed by atoms with Crippen molar-refractivity contribution in [3.8, 4) is 0 Å². The van der Waals surface area contributed by atoms with Crippen molar-refractivity contribution in [1.82, 2.24) is 31.5 Å². The average molecular weight is 611 g/mol. The van der Waals surface area contributed by atoms with Gasteiger partial charge in [0.1, 0.15) is 30.2 Å². The van der Waals surface area contributed by atoms with E-state index < -0.39 is 59.8 Å². The molecule has 0 aromatic heterocycles. The third kappa shape index (κ3) is 11.4. The molecule has 0 aliphatic carbocycles. The van der Waals surface area contributed by atoms with Crippen LogP contribution in [0.15, 0.2) is 0 Å². The molecule has 244 valence electrons. The number of carbonyl (C=O) groups excluding carboxylic acids is 5. The Balaban J connectivity index is 2.07. The van der Waals surface area contributed by atoms with Gasteiger partial charge in [-0.2, -0.15) is 0 Å². The Labute approximate surface area is 253 Å². The van der Waals surface area contributed by atoms with Gasteiger partial charge in [-0.3, -0.25) is 24.0 Å². The van der Waals surface area contributed by atoms with Crippen molar-refractivity contribution in [3.63, 3.8) is 0 Å². The predicted octanol–water partition coefficient (Wildman–Crippen LogP) is -1.95. The van der Waals surface area contributed by atoms with Gasteiger partial charge in [0, 0.05) is 6.54 Å². The molecule has 10 N–H and O–H groups in total. The summed E-state index contributed by atoms with van der Waals surface area (Å²) in [5.41, 5.74) is 11.2. The summed E-state index contributed by atoms with van der Waals surface area (Å²) in [7, 11) is 0. The minimum atomic E-state index is -1.09. The third-order valence-corrected chi connectivity index (χ3v) is 7.84. The Morgan fingerprint density at radius 3 is 1.91 bits per heavy atom. The van der Waals surface area contributed by atoms with E-state index in [9.17, 15) is 33.9 Å². The maximum absolute atomic E-state index is 13.4. The van der Waals surface area contributed by atoms with E-state index in [1.165, 1.54) is 18.7 Å². The lowest BCUT2D eigenvalue weighted by Gasteiger charge is -2.28. The quantitative estimate of drug-likeness (QED) is 0.0798. The van der Waals surface area contributed by atoms with Gasteiger partial charge in [0.05, 0.1) is 6.04 Å². The van der Waals surface area contributed by atoms with E-state index in [-0.39, 0.29) is 31.3 Å². The van der Waals surface area contributed by atoms with Crippen LogP contribution in [0.3, 0.4) is 0 Å². The molecule has 2 heterocycles. The van der Waals surface area contributed by atoms with Crippen molar-refractivity contribution in [3.05, 3.63) is 0 Å². The zero-order valence-corrected chi connectivity index (χ0v) is 25.4. The Bertz CT molecular complexity index is 975. The first-order valence-electron chi connectivity index (χ1n) is 15.4. The molecule has 0 saturated carbocycles. The van der Waals surface area contributed by atoms with E-state index in [0.717, 1.165) is 13.0 Å². The highest BCUT2D eigenvalue weighted by Crippen LogP contribution is 2.18. The number of rotatable bonds is 18. The highest BCUT2D eigenvalue weighted by Gasteiger charge is 2.37. The second-order valence-electron chi connectivity index (χ2n) is 11.3. The molecule has 15 heteroatoms. The number of hydrogen-bond acceptors (Lipinski definition) is 9. The molecule has 0 spiro atoms. The monoisotopic (exact) mass is 610 g/mol. The third-order valence-electron chi connectivity index (χ3n) is 7.84. The Morgan fingerprint density at radius 1 is 0.791 bits per heavy atom. The summed E-state index contributed by atoms with van der Waals surface area (Å²) in [6, 6.07) is -5.22. The molecule has 15 nitrogen and oxygen atoms in total. The summed E-state index contributed by atoms with van der Waals surface area (Å²) >= 11 is 0. The zero-order valence-electron chi connectivity index (χ0n) is 25.4. The summed E-state index contributed by atoms with van der Waals surface area (Å²) in [6.07, 6.45) is 5.23. The van der Waals surface area contributed by atoms with E-state index in [4.69, 9.17) is 11.5 Å². The van der Waals surface area contributed by atoms with Crippen LogP contribution in [0.4, 0.5) is 0 Å². The molecule has 0 aromatic carbocycles. The number of aliphatic carboxylic acids is 1. The maximum Gasteiger partial charge on any atom is 0.326 e. The van der Waals surface area contributed by atoms with Gasteiger partial charge in [0.25, 0.3) is 0 Å². The lowest BCUT2D eigenvalue weighted by atomic mass is 10.0. The van der Waals surface area contributed by atoms with E-state index in [0.29, 0.717) is 58.0 Å². The standard InChI is InChI=1S/C28H50N8O7/c1-17(32-24(38)19-11-7-15-31-19)23(37)34-21(10-4-6-14-30)26(40)35-20(9-3-5-13-29)25(39)33-18(2)27(41)36-16-8-12-22(36)28(42)43/h17-22,31H,3-16,29-30H2,1-2H3,(H,32,38)(H,33,39)(H,34,37)(H,35,40)(H,42,43)/t17-,18-,19-,20-,21-,22-/m0/s1. The van der Waals surface area contributed by atoms with Gasteiger partial charge in [0.2, 0.25) is 29.5 Å². The number of likely N-dealkylation sites (tertiary alicyclic amines) is 1. The van der Waals surface area contributed by atoms with Crippen molar-refractivity contribution in [1.29, 1.82) is 0 Å². The van der Waals surface area contributed by atoms with E-state index in [1.807, 2.05) is 0 Å². The fourth-order valence-corrected chi connectivity index (χ4v) is 5.29. The first kappa shape index (κ1) is 35.9. The van der Waals surface area contributed by atoms with Gasteiger partial charge >= 0.3 is 5.97 Å². The van der Waals surface area contributed by atoms with Crippen LogP contribution in [0.2, 0.25) is 0 Å². The highest BCUT2D eigenvalue weighted by molar-refractivity contribution is 5.96. The van der Waals surface area contributed by atoms with Gasteiger partial charge < -0.3 is 48.1 Å². The van der Waals surface area contributed by atoms with Crippen LogP contribution in [0.25, 0.3) is 0 Å². The fraction of sp³-hybridized carbons (Fsp3) is 0.786. The number of carboxylic acid groups (broad SMARTS) is 1. The molecule has 0 bridgehead atoms. The zero-order chi connectivity index (χ0) is 31.9. The second-order valence-corrected chi connectivity index (χ2v) is 11.3. The molecule has 2 rings (SSSR count). The lowest BCUT2D eigenvalue weighted by Crippen LogP contribution is -2.58. The number of hydrogen-bond donors (Lipinski definition) is 8. The highest BCUT2D eigenvalue weighted by atomic mass is 16.4. The number of nitrogens with two attached hydrogens (primary N) is 2. The van der Waals surface area contributed by atoms with Gasteiger partial charge in [-0.15, -0.1) is 0 Å². The van der Waals surface area contributed by atoms with Crippen molar-refractivity contribution < 1.29 is 33.9 Å². The number of carbonyl (C=O) groups is 6. The van der Waals surface area contributed by atoms with Crippen molar-refractivity contribution in [2.24, 2.45) is 11.5 Å². The van der Waals surface area contributed by atoms with Crippen molar-refractivity contribution in [2.45, 2.75) is 114 Å². The summed E-state index contributed by atoms with van der Waals surface area (Å²) in [5, 5.41) is 23.2. The average Bonchev–Trinajstić information content (AvgIpc) is 3.69. The van der Waals surface area contributed by atoms with Crippen LogP contribution < -0.4 is 38.1 Å². The Kier molecular flexibility index (Phi) is 15.3.